The average Bonchev–Trinajstić information content (AvgIpc) is 2.90. The minimum absolute atomic E-state index is 0.189. The highest BCUT2D eigenvalue weighted by Crippen LogP contribution is 2.17. The Morgan fingerprint density at radius 3 is 3.00 bits per heavy atom. The Hall–Kier alpha value is -1.06. The molecule has 0 aliphatic heterocycles. The van der Waals surface area contributed by atoms with Gasteiger partial charge in [-0.2, -0.15) is 11.3 Å². The molecule has 2 N–H and O–H groups in total. The van der Waals surface area contributed by atoms with Gasteiger partial charge in [-0.05, 0) is 40.4 Å². The zero-order valence-corrected chi connectivity index (χ0v) is 10.4. The van der Waals surface area contributed by atoms with E-state index in [0.717, 1.165) is 19.4 Å². The van der Waals surface area contributed by atoms with Gasteiger partial charge in [0.05, 0.1) is 0 Å². The highest BCUT2D eigenvalue weighted by molar-refractivity contribution is 7.07. The van der Waals surface area contributed by atoms with Crippen molar-refractivity contribution in [3.05, 3.63) is 46.4 Å². The molecule has 0 aliphatic rings. The van der Waals surface area contributed by atoms with Crippen LogP contribution in [0.4, 0.5) is 0 Å². The fraction of sp³-hybridized carbons (Fsp3) is 0.385. The van der Waals surface area contributed by atoms with E-state index in [1.54, 1.807) is 11.3 Å². The summed E-state index contributed by atoms with van der Waals surface area (Å²) < 4.78 is 2.20. The molecule has 16 heavy (non-hydrogen) atoms. The Labute approximate surface area is 101 Å². The van der Waals surface area contributed by atoms with Crippen LogP contribution >= 0.6 is 11.3 Å². The Bertz CT molecular complexity index is 417. The molecule has 2 rings (SSSR count). The monoisotopic (exact) mass is 234 g/mol. The molecule has 0 saturated carbocycles. The predicted molar refractivity (Wildman–Crippen MR) is 69.7 cm³/mol. The van der Waals surface area contributed by atoms with E-state index < -0.39 is 0 Å². The minimum atomic E-state index is 0.189. The lowest BCUT2D eigenvalue weighted by Gasteiger charge is -2.07. The molecule has 0 radical (unpaired) electrons. The van der Waals surface area contributed by atoms with Crippen LogP contribution in [0, 0.1) is 0 Å². The molecule has 0 saturated heterocycles. The number of hydrogen-bond acceptors (Lipinski definition) is 2. The molecular weight excluding hydrogens is 216 g/mol. The van der Waals surface area contributed by atoms with Crippen LogP contribution in [0.3, 0.4) is 0 Å². The third-order valence-electron chi connectivity index (χ3n) is 2.75. The van der Waals surface area contributed by atoms with Gasteiger partial charge in [0, 0.05) is 25.0 Å². The van der Waals surface area contributed by atoms with E-state index in [1.165, 1.54) is 11.1 Å². The summed E-state index contributed by atoms with van der Waals surface area (Å²) >= 11 is 1.74. The molecule has 2 aromatic rings. The normalized spacial score (nSPS) is 12.9. The van der Waals surface area contributed by atoms with Crippen molar-refractivity contribution in [1.82, 2.24) is 4.57 Å². The maximum atomic E-state index is 6.08. The summed E-state index contributed by atoms with van der Waals surface area (Å²) in [4.78, 5) is 0. The van der Waals surface area contributed by atoms with Crippen LogP contribution in [0.1, 0.15) is 36.9 Å². The maximum Gasteiger partial charge on any atom is 0.0478 e. The number of hydrogen-bond donors (Lipinski definition) is 1. The highest BCUT2D eigenvalue weighted by Gasteiger charge is 2.06. The van der Waals surface area contributed by atoms with E-state index in [0.29, 0.717) is 0 Å². The summed E-state index contributed by atoms with van der Waals surface area (Å²) in [5.74, 6) is 0. The quantitative estimate of drug-likeness (QED) is 0.844. The summed E-state index contributed by atoms with van der Waals surface area (Å²) in [5.41, 5.74) is 8.69. The van der Waals surface area contributed by atoms with Crippen LogP contribution < -0.4 is 5.73 Å². The molecule has 0 aliphatic carbocycles. The van der Waals surface area contributed by atoms with Gasteiger partial charge in [-0.1, -0.05) is 13.3 Å². The molecule has 0 aromatic carbocycles. The van der Waals surface area contributed by atoms with Crippen molar-refractivity contribution < 1.29 is 0 Å². The largest absolute Gasteiger partial charge is 0.350 e. The van der Waals surface area contributed by atoms with E-state index >= 15 is 0 Å². The van der Waals surface area contributed by atoms with Gasteiger partial charge >= 0.3 is 0 Å². The van der Waals surface area contributed by atoms with E-state index in [9.17, 15) is 0 Å². The molecule has 2 heterocycles. The van der Waals surface area contributed by atoms with Crippen molar-refractivity contribution in [2.24, 2.45) is 5.73 Å². The standard InChI is InChI=1S/C13H18N2S/c1-2-3-13(14)12-4-6-15(9-12)8-11-5-7-16-10-11/h4-7,9-10,13H,2-3,8,14H2,1H3. The van der Waals surface area contributed by atoms with Crippen molar-refractivity contribution >= 4 is 11.3 Å². The summed E-state index contributed by atoms with van der Waals surface area (Å²) in [6, 6.07) is 4.48. The van der Waals surface area contributed by atoms with Gasteiger partial charge in [0.15, 0.2) is 0 Å². The lowest BCUT2D eigenvalue weighted by atomic mass is 10.1. The van der Waals surface area contributed by atoms with Crippen molar-refractivity contribution in [3.8, 4) is 0 Å². The van der Waals surface area contributed by atoms with Crippen molar-refractivity contribution in [2.45, 2.75) is 32.4 Å². The van der Waals surface area contributed by atoms with E-state index in [1.807, 2.05) is 0 Å². The average molecular weight is 234 g/mol. The zero-order chi connectivity index (χ0) is 11.4. The first kappa shape index (κ1) is 11.4. The fourth-order valence-corrected chi connectivity index (χ4v) is 2.51. The summed E-state index contributed by atoms with van der Waals surface area (Å²) in [7, 11) is 0. The molecule has 0 bridgehead atoms. The van der Waals surface area contributed by atoms with Gasteiger partial charge < -0.3 is 10.3 Å². The van der Waals surface area contributed by atoms with Crippen LogP contribution in [0.5, 0.6) is 0 Å². The number of nitrogens with two attached hydrogens (primary N) is 1. The predicted octanol–water partition coefficient (Wildman–Crippen LogP) is 3.40. The first-order chi connectivity index (χ1) is 7.79. The molecular formula is C13H18N2S. The van der Waals surface area contributed by atoms with Gasteiger partial charge in [0.1, 0.15) is 0 Å². The minimum Gasteiger partial charge on any atom is -0.350 e. The Kier molecular flexibility index (Phi) is 3.80. The van der Waals surface area contributed by atoms with Crippen LogP contribution in [-0.2, 0) is 6.54 Å². The highest BCUT2D eigenvalue weighted by atomic mass is 32.1. The lowest BCUT2D eigenvalue weighted by molar-refractivity contribution is 0.636. The lowest BCUT2D eigenvalue weighted by Crippen LogP contribution is -2.08. The second-order valence-electron chi connectivity index (χ2n) is 4.14. The molecule has 2 aromatic heterocycles. The summed E-state index contributed by atoms with van der Waals surface area (Å²) in [6.45, 7) is 3.12. The molecule has 0 amide bonds. The number of nitrogens with zero attached hydrogens (tertiary/aromatic N) is 1. The molecule has 3 heteroatoms. The Morgan fingerprint density at radius 2 is 2.31 bits per heavy atom. The van der Waals surface area contributed by atoms with Crippen molar-refractivity contribution in [2.75, 3.05) is 0 Å². The second kappa shape index (κ2) is 5.32. The van der Waals surface area contributed by atoms with Crippen LogP contribution in [0.2, 0.25) is 0 Å². The Morgan fingerprint density at radius 1 is 1.44 bits per heavy atom. The van der Waals surface area contributed by atoms with Crippen LogP contribution in [-0.4, -0.2) is 4.57 Å². The third kappa shape index (κ3) is 2.74. The number of aromatic nitrogens is 1. The summed E-state index contributed by atoms with van der Waals surface area (Å²) in [5, 5.41) is 4.30. The number of rotatable bonds is 5. The fourth-order valence-electron chi connectivity index (χ4n) is 1.85. The van der Waals surface area contributed by atoms with Crippen molar-refractivity contribution in [3.63, 3.8) is 0 Å². The molecule has 86 valence electrons. The molecule has 1 atom stereocenters. The van der Waals surface area contributed by atoms with Crippen LogP contribution in [0.25, 0.3) is 0 Å². The first-order valence-corrected chi connectivity index (χ1v) is 6.66. The maximum absolute atomic E-state index is 6.08. The van der Waals surface area contributed by atoms with Crippen LogP contribution in [0.15, 0.2) is 35.3 Å². The third-order valence-corrected chi connectivity index (χ3v) is 3.48. The topological polar surface area (TPSA) is 30.9 Å². The second-order valence-corrected chi connectivity index (χ2v) is 4.92. The van der Waals surface area contributed by atoms with Gasteiger partial charge in [-0.3, -0.25) is 0 Å². The molecule has 0 fully saturated rings. The molecule has 1 unspecified atom stereocenters. The SMILES string of the molecule is CCCC(N)c1ccn(Cc2ccsc2)c1. The van der Waals surface area contributed by atoms with Gasteiger partial charge in [0.2, 0.25) is 0 Å². The van der Waals surface area contributed by atoms with Gasteiger partial charge in [-0.25, -0.2) is 0 Å². The molecule has 2 nitrogen and oxygen atoms in total. The van der Waals surface area contributed by atoms with Crippen molar-refractivity contribution in [1.29, 1.82) is 0 Å². The van der Waals surface area contributed by atoms with Gasteiger partial charge in [-0.15, -0.1) is 0 Å². The Balaban J connectivity index is 2.02. The first-order valence-electron chi connectivity index (χ1n) is 5.72. The van der Waals surface area contributed by atoms with E-state index in [4.69, 9.17) is 5.73 Å². The smallest absolute Gasteiger partial charge is 0.0478 e. The molecule has 0 spiro atoms. The summed E-state index contributed by atoms with van der Waals surface area (Å²) in [6.07, 6.45) is 6.47. The van der Waals surface area contributed by atoms with E-state index in [-0.39, 0.29) is 6.04 Å². The van der Waals surface area contributed by atoms with Gasteiger partial charge in [0.25, 0.3) is 0 Å². The number of thiophene rings is 1. The van der Waals surface area contributed by atoms with E-state index in [2.05, 4.69) is 46.8 Å². The zero-order valence-electron chi connectivity index (χ0n) is 9.60.